The summed E-state index contributed by atoms with van der Waals surface area (Å²) in [5.41, 5.74) is -0.993. The maximum absolute atomic E-state index is 13.5. The molecule has 2 nitrogen and oxygen atoms in total. The van der Waals surface area contributed by atoms with Crippen molar-refractivity contribution < 1.29 is 30.4 Å². The summed E-state index contributed by atoms with van der Waals surface area (Å²) < 4.78 is 89.9. The first-order chi connectivity index (χ1) is 11.1. The van der Waals surface area contributed by atoms with Crippen LogP contribution in [-0.2, 0) is 15.6 Å². The average molecular weight is 383 g/mol. The molecule has 0 aromatic heterocycles. The van der Waals surface area contributed by atoms with Crippen molar-refractivity contribution in [2.75, 3.05) is 0 Å². The summed E-state index contributed by atoms with van der Waals surface area (Å²) >= 11 is 5.66. The van der Waals surface area contributed by atoms with Crippen LogP contribution in [0.2, 0.25) is 5.02 Å². The maximum atomic E-state index is 13.5. The van der Waals surface area contributed by atoms with Gasteiger partial charge in [-0.15, -0.1) is 0 Å². The van der Waals surface area contributed by atoms with E-state index in [1.807, 2.05) is 0 Å². The molecule has 2 rings (SSSR count). The molecule has 0 aliphatic carbocycles. The normalized spacial score (nSPS) is 12.1. The van der Waals surface area contributed by atoms with Gasteiger partial charge < -0.3 is 0 Å². The standard InChI is InChI=1S/C15H8ClF5O2S/c16-9-3-1-8(2-4-9)5-6-24(22,23)7-10-11(17)13(19)15(21)14(20)12(10)18/h1-6H,7H2. The van der Waals surface area contributed by atoms with Crippen LogP contribution in [0.15, 0.2) is 29.7 Å². The summed E-state index contributed by atoms with van der Waals surface area (Å²) in [5.74, 6) is -12.4. The van der Waals surface area contributed by atoms with Gasteiger partial charge in [-0.05, 0) is 23.8 Å². The molecule has 0 aliphatic heterocycles. The molecule has 0 N–H and O–H groups in total. The van der Waals surface area contributed by atoms with E-state index in [-0.39, 0.29) is 0 Å². The lowest BCUT2D eigenvalue weighted by Crippen LogP contribution is -2.11. The predicted octanol–water partition coefficient (Wildman–Crippen LogP) is 4.62. The van der Waals surface area contributed by atoms with E-state index in [2.05, 4.69) is 0 Å². The fourth-order valence-corrected chi connectivity index (χ4v) is 3.03. The molecule has 24 heavy (non-hydrogen) atoms. The van der Waals surface area contributed by atoms with E-state index in [9.17, 15) is 30.4 Å². The molecular formula is C15H8ClF5O2S. The monoisotopic (exact) mass is 382 g/mol. The number of halogens is 6. The molecule has 0 saturated heterocycles. The van der Waals surface area contributed by atoms with E-state index in [4.69, 9.17) is 11.6 Å². The molecule has 2 aromatic carbocycles. The van der Waals surface area contributed by atoms with Gasteiger partial charge in [0.2, 0.25) is 5.82 Å². The Morgan fingerprint density at radius 3 is 1.79 bits per heavy atom. The van der Waals surface area contributed by atoms with Gasteiger partial charge in [0.15, 0.2) is 33.1 Å². The summed E-state index contributed by atoms with van der Waals surface area (Å²) in [5, 5.41) is 1.03. The topological polar surface area (TPSA) is 34.1 Å². The molecule has 0 aliphatic rings. The third-order valence-corrected chi connectivity index (χ3v) is 4.48. The van der Waals surface area contributed by atoms with Gasteiger partial charge in [0.25, 0.3) is 0 Å². The molecule has 0 saturated carbocycles. The van der Waals surface area contributed by atoms with Gasteiger partial charge in [-0.25, -0.2) is 30.4 Å². The van der Waals surface area contributed by atoms with Crippen molar-refractivity contribution in [1.82, 2.24) is 0 Å². The van der Waals surface area contributed by atoms with E-state index in [0.717, 1.165) is 6.08 Å². The molecule has 0 atom stereocenters. The summed E-state index contributed by atoms with van der Waals surface area (Å²) in [6.45, 7) is 0. The zero-order chi connectivity index (χ0) is 18.1. The van der Waals surface area contributed by atoms with E-state index in [1.54, 1.807) is 0 Å². The Bertz CT molecular complexity index is 879. The van der Waals surface area contributed by atoms with Gasteiger partial charge in [-0.3, -0.25) is 0 Å². The van der Waals surface area contributed by atoms with Crippen LogP contribution in [0.1, 0.15) is 11.1 Å². The zero-order valence-corrected chi connectivity index (χ0v) is 13.2. The second-order valence-corrected chi connectivity index (χ2v) is 7.03. The molecule has 0 amide bonds. The third-order valence-electron chi connectivity index (χ3n) is 2.98. The highest BCUT2D eigenvalue weighted by atomic mass is 35.5. The van der Waals surface area contributed by atoms with Gasteiger partial charge in [-0.2, -0.15) is 0 Å². The number of sulfone groups is 1. The van der Waals surface area contributed by atoms with Crippen LogP contribution in [0.5, 0.6) is 0 Å². The molecule has 0 radical (unpaired) electrons. The predicted molar refractivity (Wildman–Crippen MR) is 79.3 cm³/mol. The van der Waals surface area contributed by atoms with Crippen molar-refractivity contribution >= 4 is 27.5 Å². The molecule has 9 heteroatoms. The first-order valence-corrected chi connectivity index (χ1v) is 8.38. The van der Waals surface area contributed by atoms with Crippen molar-refractivity contribution in [3.8, 4) is 0 Å². The van der Waals surface area contributed by atoms with Gasteiger partial charge in [0, 0.05) is 16.0 Å². The highest BCUT2D eigenvalue weighted by molar-refractivity contribution is 7.93. The van der Waals surface area contributed by atoms with Crippen molar-refractivity contribution in [2.24, 2.45) is 0 Å². The first kappa shape index (κ1) is 18.4. The Morgan fingerprint density at radius 2 is 1.29 bits per heavy atom. The highest BCUT2D eigenvalue weighted by Crippen LogP contribution is 2.25. The number of rotatable bonds is 4. The Kier molecular flexibility index (Phi) is 5.29. The molecule has 0 heterocycles. The van der Waals surface area contributed by atoms with Crippen LogP contribution in [-0.4, -0.2) is 8.42 Å². The third kappa shape index (κ3) is 3.93. The first-order valence-electron chi connectivity index (χ1n) is 6.29. The lowest BCUT2D eigenvalue weighted by molar-refractivity contribution is 0.372. The van der Waals surface area contributed by atoms with E-state index in [1.165, 1.54) is 24.3 Å². The lowest BCUT2D eigenvalue weighted by Gasteiger charge is -2.07. The summed E-state index contributed by atoms with van der Waals surface area (Å²) in [6, 6.07) is 5.93. The van der Waals surface area contributed by atoms with Crippen LogP contribution in [0, 0.1) is 29.1 Å². The molecule has 0 unspecified atom stereocenters. The van der Waals surface area contributed by atoms with Crippen LogP contribution in [0.25, 0.3) is 6.08 Å². The Labute approximate surface area is 139 Å². The van der Waals surface area contributed by atoms with Crippen LogP contribution in [0.3, 0.4) is 0 Å². The van der Waals surface area contributed by atoms with Crippen LogP contribution < -0.4 is 0 Å². The Morgan fingerprint density at radius 1 is 0.833 bits per heavy atom. The van der Waals surface area contributed by atoms with Gasteiger partial charge >= 0.3 is 0 Å². The zero-order valence-electron chi connectivity index (χ0n) is 11.7. The second-order valence-electron chi connectivity index (χ2n) is 4.71. The Hall–Kier alpha value is -1.93. The SMILES string of the molecule is O=S(=O)(C=Cc1ccc(Cl)cc1)Cc1c(F)c(F)c(F)c(F)c1F. The summed E-state index contributed by atoms with van der Waals surface area (Å²) in [7, 11) is -4.28. The number of hydrogen-bond acceptors (Lipinski definition) is 2. The minimum absolute atomic E-state index is 0.413. The van der Waals surface area contributed by atoms with E-state index in [0.29, 0.717) is 16.0 Å². The number of hydrogen-bond donors (Lipinski definition) is 0. The summed E-state index contributed by atoms with van der Waals surface area (Å²) in [6.07, 6.45) is 1.11. The van der Waals surface area contributed by atoms with Gasteiger partial charge in [0.1, 0.15) is 0 Å². The van der Waals surface area contributed by atoms with Crippen LogP contribution >= 0.6 is 11.6 Å². The van der Waals surface area contributed by atoms with Crippen LogP contribution in [0.4, 0.5) is 22.0 Å². The lowest BCUT2D eigenvalue weighted by atomic mass is 10.2. The Balaban J connectivity index is 2.35. The maximum Gasteiger partial charge on any atom is 0.200 e. The minimum atomic E-state index is -4.28. The van der Waals surface area contributed by atoms with Crippen molar-refractivity contribution in [1.29, 1.82) is 0 Å². The second kappa shape index (κ2) is 6.90. The fourth-order valence-electron chi connectivity index (χ4n) is 1.78. The summed E-state index contributed by atoms with van der Waals surface area (Å²) in [4.78, 5) is 0. The smallest absolute Gasteiger partial charge is 0.200 e. The molecule has 128 valence electrons. The number of benzene rings is 2. The van der Waals surface area contributed by atoms with Gasteiger partial charge in [0.05, 0.1) is 5.75 Å². The molecular weight excluding hydrogens is 375 g/mol. The average Bonchev–Trinajstić information content (AvgIpc) is 2.55. The van der Waals surface area contributed by atoms with E-state index < -0.39 is 50.2 Å². The molecule has 2 aromatic rings. The minimum Gasteiger partial charge on any atom is -0.224 e. The highest BCUT2D eigenvalue weighted by Gasteiger charge is 2.27. The van der Waals surface area contributed by atoms with Crippen molar-refractivity contribution in [2.45, 2.75) is 5.75 Å². The van der Waals surface area contributed by atoms with Crippen molar-refractivity contribution in [3.05, 3.63) is 74.9 Å². The van der Waals surface area contributed by atoms with Crippen molar-refractivity contribution in [3.63, 3.8) is 0 Å². The molecule has 0 spiro atoms. The molecule has 0 fully saturated rings. The van der Waals surface area contributed by atoms with Gasteiger partial charge in [-0.1, -0.05) is 23.7 Å². The largest absolute Gasteiger partial charge is 0.224 e. The molecule has 0 bridgehead atoms. The van der Waals surface area contributed by atoms with E-state index >= 15 is 0 Å². The fraction of sp³-hybridized carbons (Fsp3) is 0.0667. The quantitative estimate of drug-likeness (QED) is 0.439.